The Hall–Kier alpha value is -4.40. The maximum atomic E-state index is 13.7. The van der Waals surface area contributed by atoms with E-state index in [-0.39, 0.29) is 25.0 Å². The van der Waals surface area contributed by atoms with Crippen molar-refractivity contribution in [1.82, 2.24) is 0 Å². The highest BCUT2D eigenvalue weighted by atomic mass is 16.7. The number of carbonyl (C=O) groups excluding carboxylic acids is 2. The molecule has 0 unspecified atom stereocenters. The smallest absolute Gasteiger partial charge is 0.231 e. The van der Waals surface area contributed by atoms with Crippen molar-refractivity contribution in [1.29, 1.82) is 0 Å². The molecule has 1 N–H and O–H groups in total. The maximum absolute atomic E-state index is 13.7. The number of fused-ring (bicyclic) bond motifs is 1. The molecule has 0 spiro atoms. The molecule has 0 aromatic heterocycles. The molecule has 5 rings (SSSR count). The van der Waals surface area contributed by atoms with E-state index in [1.165, 1.54) is 0 Å². The summed E-state index contributed by atoms with van der Waals surface area (Å²) in [6.07, 6.45) is 0.621. The van der Waals surface area contributed by atoms with Crippen LogP contribution in [0.15, 0.2) is 60.7 Å². The third kappa shape index (κ3) is 4.72. The first-order valence-electron chi connectivity index (χ1n) is 11.9. The lowest BCUT2D eigenvalue weighted by Crippen LogP contribution is -2.47. The number of nitrogens with zero attached hydrogens (tertiary/aromatic N) is 1. The Balaban J connectivity index is 1.53. The van der Waals surface area contributed by atoms with Crippen LogP contribution < -0.4 is 33.9 Å². The minimum atomic E-state index is -0.580. The molecule has 1 fully saturated rings. The second kappa shape index (κ2) is 10.3. The topological polar surface area (TPSA) is 95.6 Å². The number of carbonyl (C=O) groups is 2. The first kappa shape index (κ1) is 24.3. The van der Waals surface area contributed by atoms with Crippen LogP contribution in [0.5, 0.6) is 28.7 Å². The number of anilines is 2. The fraction of sp³-hybridized carbons (Fsp3) is 0.286. The number of ether oxygens (including phenoxy) is 5. The van der Waals surface area contributed by atoms with Crippen molar-refractivity contribution in [3.05, 3.63) is 66.2 Å². The number of hydrogen-bond acceptors (Lipinski definition) is 7. The zero-order chi connectivity index (χ0) is 25.9. The van der Waals surface area contributed by atoms with Crippen molar-refractivity contribution in [3.63, 3.8) is 0 Å². The van der Waals surface area contributed by atoms with Crippen molar-refractivity contribution < 1.29 is 33.3 Å². The molecule has 0 bridgehead atoms. The molecule has 3 aromatic rings. The molecule has 192 valence electrons. The minimum Gasteiger partial charge on any atom is -0.497 e. The van der Waals surface area contributed by atoms with Crippen LogP contribution >= 0.6 is 0 Å². The summed E-state index contributed by atoms with van der Waals surface area (Å²) in [5.74, 6) is 2.15. The summed E-state index contributed by atoms with van der Waals surface area (Å²) in [5.41, 5.74) is 2.02. The standard InChI is InChI=1S/C28H28N2O7/c1-33-20-8-6-19(7-9-20)30-26(31)13-10-21(27(30)17-4-11-22(34-2)24(14-17)35-3)28(32)29-18-5-12-23-25(15-18)37-16-36-23/h4-9,11-12,14-15,21,27H,10,13,16H2,1-3H3,(H,29,32)/t21-,27-/m0/s1. The Morgan fingerprint density at radius 3 is 2.38 bits per heavy atom. The van der Waals surface area contributed by atoms with E-state index in [2.05, 4.69) is 5.32 Å². The van der Waals surface area contributed by atoms with Crippen molar-refractivity contribution in [3.8, 4) is 28.7 Å². The molecule has 9 heteroatoms. The van der Waals surface area contributed by atoms with E-state index in [1.807, 2.05) is 24.3 Å². The predicted molar refractivity (Wildman–Crippen MR) is 137 cm³/mol. The van der Waals surface area contributed by atoms with Gasteiger partial charge in [0.15, 0.2) is 23.0 Å². The van der Waals surface area contributed by atoms with Gasteiger partial charge in [-0.3, -0.25) is 9.59 Å². The fourth-order valence-electron chi connectivity index (χ4n) is 4.84. The second-order valence-electron chi connectivity index (χ2n) is 8.72. The number of benzene rings is 3. The molecule has 0 aliphatic carbocycles. The zero-order valence-electron chi connectivity index (χ0n) is 20.9. The van der Waals surface area contributed by atoms with Crippen LogP contribution in [0.1, 0.15) is 24.4 Å². The summed E-state index contributed by atoms with van der Waals surface area (Å²) in [6, 6.07) is 17.4. The monoisotopic (exact) mass is 504 g/mol. The molecule has 2 aliphatic heterocycles. The first-order valence-corrected chi connectivity index (χ1v) is 11.9. The average Bonchev–Trinajstić information content (AvgIpc) is 3.40. The van der Waals surface area contributed by atoms with Crippen LogP contribution in [0.3, 0.4) is 0 Å². The molecule has 37 heavy (non-hydrogen) atoms. The summed E-state index contributed by atoms with van der Waals surface area (Å²) in [6.45, 7) is 0.148. The predicted octanol–water partition coefficient (Wildman–Crippen LogP) is 4.56. The van der Waals surface area contributed by atoms with Crippen molar-refractivity contribution in [2.75, 3.05) is 38.3 Å². The summed E-state index contributed by atoms with van der Waals surface area (Å²) in [5, 5.41) is 3.01. The lowest BCUT2D eigenvalue weighted by atomic mass is 9.83. The Morgan fingerprint density at radius 2 is 1.65 bits per heavy atom. The normalized spacial score (nSPS) is 18.4. The summed E-state index contributed by atoms with van der Waals surface area (Å²) >= 11 is 0. The van der Waals surface area contributed by atoms with Gasteiger partial charge >= 0.3 is 0 Å². The van der Waals surface area contributed by atoms with E-state index >= 15 is 0 Å². The van der Waals surface area contributed by atoms with Crippen LogP contribution in [0.25, 0.3) is 0 Å². The van der Waals surface area contributed by atoms with Crippen LogP contribution in [0, 0.1) is 5.92 Å². The number of amides is 2. The molecule has 3 aromatic carbocycles. The van der Waals surface area contributed by atoms with Gasteiger partial charge in [-0.25, -0.2) is 0 Å². The van der Waals surface area contributed by atoms with Crippen molar-refractivity contribution in [2.24, 2.45) is 5.92 Å². The highest BCUT2D eigenvalue weighted by Gasteiger charge is 2.42. The molecule has 2 heterocycles. The van der Waals surface area contributed by atoms with Crippen LogP contribution in [0.4, 0.5) is 11.4 Å². The van der Waals surface area contributed by atoms with Gasteiger partial charge in [0.1, 0.15) is 5.75 Å². The lowest BCUT2D eigenvalue weighted by molar-refractivity contribution is -0.125. The third-order valence-electron chi connectivity index (χ3n) is 6.67. The average molecular weight is 505 g/mol. The van der Waals surface area contributed by atoms with Gasteiger partial charge in [-0.15, -0.1) is 0 Å². The van der Waals surface area contributed by atoms with Gasteiger partial charge in [0.25, 0.3) is 0 Å². The van der Waals surface area contributed by atoms with Gasteiger partial charge in [-0.1, -0.05) is 6.07 Å². The molecule has 2 amide bonds. The SMILES string of the molecule is COc1ccc(N2C(=O)CC[C@H](C(=O)Nc3ccc4c(c3)OCO4)[C@@H]2c2ccc(OC)c(OC)c2)cc1. The number of nitrogens with one attached hydrogen (secondary N) is 1. The van der Waals surface area contributed by atoms with Gasteiger partial charge in [0, 0.05) is 23.9 Å². The number of hydrogen-bond donors (Lipinski definition) is 1. The van der Waals surface area contributed by atoms with Crippen LogP contribution in [-0.4, -0.2) is 39.9 Å². The van der Waals surface area contributed by atoms with E-state index in [0.717, 1.165) is 5.56 Å². The highest BCUT2D eigenvalue weighted by Crippen LogP contribution is 2.43. The first-order chi connectivity index (χ1) is 18.0. The summed E-state index contributed by atoms with van der Waals surface area (Å²) in [4.78, 5) is 28.7. The fourth-order valence-corrected chi connectivity index (χ4v) is 4.84. The molecular formula is C28H28N2O7. The van der Waals surface area contributed by atoms with Gasteiger partial charge in [-0.05, 0) is 60.5 Å². The molecular weight excluding hydrogens is 476 g/mol. The lowest BCUT2D eigenvalue weighted by Gasteiger charge is -2.41. The van der Waals surface area contributed by atoms with E-state index in [9.17, 15) is 9.59 Å². The summed E-state index contributed by atoms with van der Waals surface area (Å²) < 4.78 is 27.0. The largest absolute Gasteiger partial charge is 0.497 e. The number of methoxy groups -OCH3 is 3. The Kier molecular flexibility index (Phi) is 6.76. The highest BCUT2D eigenvalue weighted by molar-refractivity contribution is 6.00. The van der Waals surface area contributed by atoms with Gasteiger partial charge < -0.3 is 33.9 Å². The van der Waals surface area contributed by atoms with Crippen LogP contribution in [-0.2, 0) is 9.59 Å². The van der Waals surface area contributed by atoms with E-state index in [4.69, 9.17) is 23.7 Å². The van der Waals surface area contributed by atoms with Gasteiger partial charge in [-0.2, -0.15) is 0 Å². The molecule has 1 saturated heterocycles. The molecule has 0 saturated carbocycles. The van der Waals surface area contributed by atoms with Crippen molar-refractivity contribution >= 4 is 23.2 Å². The molecule has 0 radical (unpaired) electrons. The number of rotatable bonds is 7. The molecule has 2 atom stereocenters. The Bertz CT molecular complexity index is 1310. The second-order valence-corrected chi connectivity index (χ2v) is 8.72. The maximum Gasteiger partial charge on any atom is 0.231 e. The minimum absolute atomic E-state index is 0.0721. The van der Waals surface area contributed by atoms with Gasteiger partial charge in [0.05, 0.1) is 33.3 Å². The third-order valence-corrected chi connectivity index (χ3v) is 6.67. The van der Waals surface area contributed by atoms with E-state index in [1.54, 1.807) is 62.6 Å². The van der Waals surface area contributed by atoms with E-state index < -0.39 is 12.0 Å². The van der Waals surface area contributed by atoms with Crippen LogP contribution in [0.2, 0.25) is 0 Å². The molecule has 9 nitrogen and oxygen atoms in total. The van der Waals surface area contributed by atoms with E-state index in [0.29, 0.717) is 46.5 Å². The quantitative estimate of drug-likeness (QED) is 0.504. The summed E-state index contributed by atoms with van der Waals surface area (Å²) in [7, 11) is 4.70. The Labute approximate surface area is 214 Å². The van der Waals surface area contributed by atoms with Gasteiger partial charge in [0.2, 0.25) is 18.6 Å². The number of piperidine rings is 1. The van der Waals surface area contributed by atoms with Crippen molar-refractivity contribution in [2.45, 2.75) is 18.9 Å². The molecule has 2 aliphatic rings. The zero-order valence-corrected chi connectivity index (χ0v) is 20.9. The Morgan fingerprint density at radius 1 is 0.892 bits per heavy atom.